The molecule has 0 amide bonds. The van der Waals surface area contributed by atoms with Crippen LogP contribution in [0.1, 0.15) is 47.8 Å². The number of hydrogen-bond donors (Lipinski definition) is 2. The largest absolute Gasteiger partial charge is 0.508 e. The molecular weight excluding hydrogens is 438 g/mol. The number of Topliss-reactive ketones (excluding diaryl/α,β-unsaturated/α-hetero) is 1. The van der Waals surface area contributed by atoms with Gasteiger partial charge in [-0.25, -0.2) is 0 Å². The summed E-state index contributed by atoms with van der Waals surface area (Å²) in [6.45, 7) is 6.32. The Bertz CT molecular complexity index is 1330. The van der Waals surface area contributed by atoms with E-state index in [1.54, 1.807) is 10.7 Å². The van der Waals surface area contributed by atoms with Crippen LogP contribution < -0.4 is 0 Å². The van der Waals surface area contributed by atoms with Crippen molar-refractivity contribution in [2.24, 2.45) is 5.41 Å². The van der Waals surface area contributed by atoms with E-state index in [9.17, 15) is 15.0 Å². The van der Waals surface area contributed by atoms with Crippen molar-refractivity contribution in [2.75, 3.05) is 0 Å². The third-order valence-corrected chi connectivity index (χ3v) is 8.48. The molecule has 1 aromatic heterocycles. The fraction of sp³-hybridized carbons (Fsp3) is 0.346. The zero-order chi connectivity index (χ0) is 23.1. The van der Waals surface area contributed by atoms with Crippen LogP contribution in [0.4, 0.5) is 0 Å². The van der Waals surface area contributed by atoms with Gasteiger partial charge < -0.3 is 10.2 Å². The summed E-state index contributed by atoms with van der Waals surface area (Å²) in [4.78, 5) is 13.7. The fourth-order valence-corrected chi connectivity index (χ4v) is 6.75. The maximum atomic E-state index is 13.7. The Balaban J connectivity index is 1.46. The standard InChI is InChI=1S/C26H24ClN3O3/c1-14-22(31)8-7-18-19-9-10-25(33)13-26(19,24(32)15(25)2)20(23(14)18)11-30-12-21(28-29-30)16-3-5-17(27)6-4-16/h3-8,12,19-20,31,33H,2,9-11,13H2,1H3/t19-,20-,25-,26+/m0/s1. The molecule has 2 saturated carbocycles. The molecule has 1 heterocycles. The van der Waals surface area contributed by atoms with Crippen molar-refractivity contribution in [3.05, 3.63) is 76.5 Å². The minimum absolute atomic E-state index is 0.0110. The highest BCUT2D eigenvalue weighted by Crippen LogP contribution is 2.70. The average Bonchev–Trinajstić information content (AvgIpc) is 3.41. The van der Waals surface area contributed by atoms with Crippen molar-refractivity contribution in [3.8, 4) is 17.0 Å². The Morgan fingerprint density at radius 3 is 2.76 bits per heavy atom. The van der Waals surface area contributed by atoms with Crippen LogP contribution in [0.5, 0.6) is 5.75 Å². The zero-order valence-electron chi connectivity index (χ0n) is 18.3. The Kier molecular flexibility index (Phi) is 4.24. The van der Waals surface area contributed by atoms with Gasteiger partial charge in [0.25, 0.3) is 0 Å². The number of rotatable bonds is 3. The van der Waals surface area contributed by atoms with Crippen molar-refractivity contribution in [3.63, 3.8) is 0 Å². The molecule has 2 aromatic carbocycles. The van der Waals surface area contributed by atoms with Crippen LogP contribution in [0.25, 0.3) is 11.3 Å². The van der Waals surface area contributed by atoms with Crippen LogP contribution >= 0.6 is 11.6 Å². The molecule has 2 fully saturated rings. The van der Waals surface area contributed by atoms with Gasteiger partial charge in [0.15, 0.2) is 5.78 Å². The minimum atomic E-state index is -1.15. The maximum absolute atomic E-state index is 13.7. The summed E-state index contributed by atoms with van der Waals surface area (Å²) in [5.74, 6) is -0.0922. The highest BCUT2D eigenvalue weighted by atomic mass is 35.5. The number of benzene rings is 2. The predicted octanol–water partition coefficient (Wildman–Crippen LogP) is 4.53. The molecule has 168 valence electrons. The summed E-state index contributed by atoms with van der Waals surface area (Å²) in [6.07, 6.45) is 3.47. The Hall–Kier alpha value is -2.96. The lowest BCUT2D eigenvalue weighted by molar-refractivity contribution is -0.126. The van der Waals surface area contributed by atoms with Crippen LogP contribution in [-0.2, 0) is 11.3 Å². The summed E-state index contributed by atoms with van der Waals surface area (Å²) < 4.78 is 1.76. The van der Waals surface area contributed by atoms with E-state index in [4.69, 9.17) is 11.6 Å². The topological polar surface area (TPSA) is 88.2 Å². The minimum Gasteiger partial charge on any atom is -0.508 e. The van der Waals surface area contributed by atoms with Gasteiger partial charge >= 0.3 is 0 Å². The van der Waals surface area contributed by atoms with E-state index in [2.05, 4.69) is 16.9 Å². The molecule has 6 nitrogen and oxygen atoms in total. The van der Waals surface area contributed by atoms with Crippen LogP contribution in [0.3, 0.4) is 0 Å². The average molecular weight is 462 g/mol. The molecule has 6 rings (SSSR count). The number of halogens is 1. The second-order valence-corrected chi connectivity index (χ2v) is 10.2. The van der Waals surface area contributed by atoms with E-state index in [1.165, 1.54) is 0 Å². The third kappa shape index (κ3) is 2.68. The van der Waals surface area contributed by atoms with Crippen molar-refractivity contribution in [2.45, 2.75) is 50.2 Å². The van der Waals surface area contributed by atoms with Crippen molar-refractivity contribution < 1.29 is 15.0 Å². The number of ketones is 1. The van der Waals surface area contributed by atoms with Gasteiger partial charge in [0, 0.05) is 22.1 Å². The molecule has 3 aliphatic carbocycles. The van der Waals surface area contributed by atoms with Gasteiger partial charge in [0.1, 0.15) is 11.4 Å². The summed E-state index contributed by atoms with van der Waals surface area (Å²) in [5, 5.41) is 31.1. The SMILES string of the molecule is C=C1C(=O)[C@]23C[C@@]1(O)CC[C@H]2c1ccc(O)c(C)c1[C@@H]3Cn1cc(-c2ccc(Cl)cc2)nn1. The van der Waals surface area contributed by atoms with E-state index >= 15 is 0 Å². The number of hydrogen-bond acceptors (Lipinski definition) is 5. The molecule has 1 spiro atoms. The first-order valence-corrected chi connectivity index (χ1v) is 11.6. The van der Waals surface area contributed by atoms with Gasteiger partial charge in [-0.2, -0.15) is 0 Å². The van der Waals surface area contributed by atoms with Gasteiger partial charge in [-0.3, -0.25) is 9.48 Å². The predicted molar refractivity (Wildman–Crippen MR) is 124 cm³/mol. The Morgan fingerprint density at radius 2 is 2.00 bits per heavy atom. The number of aromatic nitrogens is 3. The number of fused-ring (bicyclic) bond motifs is 3. The first kappa shape index (κ1) is 20.6. The molecular formula is C26H24ClN3O3. The highest BCUT2D eigenvalue weighted by molar-refractivity contribution is 6.30. The number of phenols is 1. The molecule has 3 aromatic rings. The van der Waals surface area contributed by atoms with Gasteiger partial charge in [-0.05, 0) is 67.0 Å². The first-order chi connectivity index (χ1) is 15.7. The monoisotopic (exact) mass is 461 g/mol. The van der Waals surface area contributed by atoms with Gasteiger partial charge in [0.05, 0.1) is 23.8 Å². The number of phenolic OH excluding ortho intramolecular Hbond substituents is 1. The molecule has 33 heavy (non-hydrogen) atoms. The van der Waals surface area contributed by atoms with Crippen LogP contribution in [0, 0.1) is 12.3 Å². The normalized spacial score (nSPS) is 29.9. The lowest BCUT2D eigenvalue weighted by Crippen LogP contribution is -2.41. The molecule has 2 bridgehead atoms. The zero-order valence-corrected chi connectivity index (χ0v) is 19.0. The molecule has 4 atom stereocenters. The molecule has 0 saturated heterocycles. The maximum Gasteiger partial charge on any atom is 0.168 e. The molecule has 7 heteroatoms. The molecule has 3 aliphatic rings. The lowest BCUT2D eigenvalue weighted by atomic mass is 9.62. The van der Waals surface area contributed by atoms with Crippen molar-refractivity contribution in [1.29, 1.82) is 0 Å². The number of aromatic hydroxyl groups is 1. The number of carbonyl (C=O) groups excluding carboxylic acids is 1. The van der Waals surface area contributed by atoms with Crippen LogP contribution in [0.15, 0.2) is 54.7 Å². The van der Waals surface area contributed by atoms with E-state index in [1.807, 2.05) is 43.5 Å². The fourth-order valence-electron chi connectivity index (χ4n) is 6.63. The summed E-state index contributed by atoms with van der Waals surface area (Å²) in [5.41, 5.74) is 2.89. The molecule has 0 aliphatic heterocycles. The number of nitrogens with zero attached hydrogens (tertiary/aromatic N) is 3. The summed E-state index contributed by atoms with van der Waals surface area (Å²) in [6, 6.07) is 11.1. The van der Waals surface area contributed by atoms with Crippen molar-refractivity contribution in [1.82, 2.24) is 15.0 Å². The second-order valence-electron chi connectivity index (χ2n) is 9.75. The van der Waals surface area contributed by atoms with E-state index < -0.39 is 11.0 Å². The van der Waals surface area contributed by atoms with Crippen LogP contribution in [0.2, 0.25) is 5.02 Å². The molecule has 0 radical (unpaired) electrons. The van der Waals surface area contributed by atoms with Crippen molar-refractivity contribution >= 4 is 17.4 Å². The third-order valence-electron chi connectivity index (χ3n) is 8.23. The van der Waals surface area contributed by atoms with Crippen LogP contribution in [-0.4, -0.2) is 36.6 Å². The summed E-state index contributed by atoms with van der Waals surface area (Å²) in [7, 11) is 0. The Labute approximate surface area is 196 Å². The van der Waals surface area contributed by atoms with Gasteiger partial charge in [-0.1, -0.05) is 41.6 Å². The van der Waals surface area contributed by atoms with E-state index in [0.29, 0.717) is 42.1 Å². The van der Waals surface area contributed by atoms with Gasteiger partial charge in [0.2, 0.25) is 0 Å². The number of aliphatic hydroxyl groups is 1. The molecule has 0 unspecified atom stereocenters. The van der Waals surface area contributed by atoms with E-state index in [-0.39, 0.29) is 23.4 Å². The smallest absolute Gasteiger partial charge is 0.168 e. The highest BCUT2D eigenvalue weighted by Gasteiger charge is 2.69. The van der Waals surface area contributed by atoms with Gasteiger partial charge in [-0.15, -0.1) is 5.10 Å². The molecule has 2 N–H and O–H groups in total. The quantitative estimate of drug-likeness (QED) is 0.559. The Morgan fingerprint density at radius 1 is 1.24 bits per heavy atom. The lowest BCUT2D eigenvalue weighted by Gasteiger charge is -2.41. The summed E-state index contributed by atoms with van der Waals surface area (Å²) >= 11 is 6.01. The second kappa shape index (κ2) is 6.78. The number of carbonyl (C=O) groups is 1. The van der Waals surface area contributed by atoms with E-state index in [0.717, 1.165) is 22.3 Å². The first-order valence-electron chi connectivity index (χ1n) is 11.2.